The van der Waals surface area contributed by atoms with E-state index >= 15 is 0 Å². The number of benzene rings is 1. The van der Waals surface area contributed by atoms with Crippen molar-refractivity contribution >= 4 is 11.3 Å². The molecule has 0 aliphatic heterocycles. The average molecular weight is 289 g/mol. The Morgan fingerprint density at radius 3 is 2.60 bits per heavy atom. The molecule has 1 aromatic heterocycles. The summed E-state index contributed by atoms with van der Waals surface area (Å²) in [6.07, 6.45) is 1.08. The van der Waals surface area contributed by atoms with Crippen molar-refractivity contribution in [3.05, 3.63) is 51.5 Å². The summed E-state index contributed by atoms with van der Waals surface area (Å²) in [6, 6.07) is 8.71. The van der Waals surface area contributed by atoms with Crippen LogP contribution < -0.4 is 5.32 Å². The molecule has 108 valence electrons. The fourth-order valence-corrected chi connectivity index (χ4v) is 2.92. The first-order chi connectivity index (χ1) is 9.69. The van der Waals surface area contributed by atoms with E-state index in [0.29, 0.717) is 0 Å². The molecule has 1 heterocycles. The van der Waals surface area contributed by atoms with Crippen molar-refractivity contribution in [2.45, 2.75) is 26.4 Å². The maximum absolute atomic E-state index is 4.53. The van der Waals surface area contributed by atoms with Gasteiger partial charge in [-0.3, -0.25) is 4.90 Å². The van der Waals surface area contributed by atoms with E-state index in [0.717, 1.165) is 31.1 Å². The summed E-state index contributed by atoms with van der Waals surface area (Å²) in [7, 11) is 4.16. The van der Waals surface area contributed by atoms with Crippen LogP contribution in [0.2, 0.25) is 0 Å². The molecular formula is C16H23N3S. The molecule has 2 rings (SSSR count). The highest BCUT2D eigenvalue weighted by molar-refractivity contribution is 7.09. The van der Waals surface area contributed by atoms with Crippen LogP contribution in [0.25, 0.3) is 0 Å². The third-order valence-electron chi connectivity index (χ3n) is 3.30. The maximum atomic E-state index is 4.53. The first kappa shape index (κ1) is 15.2. The molecule has 0 bridgehead atoms. The van der Waals surface area contributed by atoms with Crippen molar-refractivity contribution in [1.29, 1.82) is 0 Å². The Kier molecular flexibility index (Phi) is 5.71. The lowest BCUT2D eigenvalue weighted by molar-refractivity contribution is 0.314. The molecule has 0 amide bonds. The second-order valence-electron chi connectivity index (χ2n) is 5.15. The summed E-state index contributed by atoms with van der Waals surface area (Å²) in [4.78, 5) is 6.86. The Labute approximate surface area is 125 Å². The van der Waals surface area contributed by atoms with E-state index in [9.17, 15) is 0 Å². The SMILES string of the molecule is CNCCc1ccccc1CN(C)Cc1csc(C)n1. The molecule has 0 saturated carbocycles. The van der Waals surface area contributed by atoms with Gasteiger partial charge in [0.15, 0.2) is 0 Å². The van der Waals surface area contributed by atoms with Crippen LogP contribution in [-0.2, 0) is 19.5 Å². The smallest absolute Gasteiger partial charge is 0.0897 e. The molecule has 0 radical (unpaired) electrons. The topological polar surface area (TPSA) is 28.2 Å². The van der Waals surface area contributed by atoms with Gasteiger partial charge in [-0.2, -0.15) is 0 Å². The van der Waals surface area contributed by atoms with Crippen LogP contribution in [0.4, 0.5) is 0 Å². The minimum atomic E-state index is 0.907. The lowest BCUT2D eigenvalue weighted by atomic mass is 10.0. The Morgan fingerprint density at radius 1 is 1.20 bits per heavy atom. The normalized spacial score (nSPS) is 11.2. The van der Waals surface area contributed by atoms with Crippen molar-refractivity contribution in [2.75, 3.05) is 20.6 Å². The van der Waals surface area contributed by atoms with E-state index in [1.54, 1.807) is 11.3 Å². The van der Waals surface area contributed by atoms with E-state index in [-0.39, 0.29) is 0 Å². The van der Waals surface area contributed by atoms with E-state index in [2.05, 4.69) is 58.8 Å². The van der Waals surface area contributed by atoms with Gasteiger partial charge < -0.3 is 5.32 Å². The largest absolute Gasteiger partial charge is 0.319 e. The zero-order chi connectivity index (χ0) is 14.4. The number of likely N-dealkylation sites (N-methyl/N-ethyl adjacent to an activating group) is 1. The predicted octanol–water partition coefficient (Wildman–Crippen LogP) is 2.85. The zero-order valence-corrected chi connectivity index (χ0v) is 13.3. The Balaban J connectivity index is 1.98. The van der Waals surface area contributed by atoms with Gasteiger partial charge in [-0.15, -0.1) is 11.3 Å². The number of hydrogen-bond donors (Lipinski definition) is 1. The van der Waals surface area contributed by atoms with Crippen LogP contribution in [0.1, 0.15) is 21.8 Å². The molecule has 20 heavy (non-hydrogen) atoms. The minimum absolute atomic E-state index is 0.907. The molecule has 2 aromatic rings. The van der Waals surface area contributed by atoms with Gasteiger partial charge in [-0.05, 0) is 45.1 Å². The van der Waals surface area contributed by atoms with E-state index in [1.807, 2.05) is 7.05 Å². The first-order valence-corrected chi connectivity index (χ1v) is 7.88. The summed E-state index contributed by atoms with van der Waals surface area (Å²) >= 11 is 1.72. The fraction of sp³-hybridized carbons (Fsp3) is 0.438. The van der Waals surface area contributed by atoms with E-state index < -0.39 is 0 Å². The second-order valence-corrected chi connectivity index (χ2v) is 6.21. The highest BCUT2D eigenvalue weighted by Gasteiger charge is 2.07. The average Bonchev–Trinajstić information content (AvgIpc) is 2.83. The van der Waals surface area contributed by atoms with Crippen LogP contribution in [-0.4, -0.2) is 30.5 Å². The number of hydrogen-bond acceptors (Lipinski definition) is 4. The molecule has 0 atom stereocenters. The van der Waals surface area contributed by atoms with Crippen LogP contribution in [0, 0.1) is 6.92 Å². The standard InChI is InChI=1S/C16H23N3S/c1-13-18-16(12-20-13)11-19(3)10-15-7-5-4-6-14(15)8-9-17-2/h4-7,12,17H,8-11H2,1-3H3. The zero-order valence-electron chi connectivity index (χ0n) is 12.5. The molecule has 0 spiro atoms. The molecule has 0 fully saturated rings. The number of nitrogens with one attached hydrogen (secondary N) is 1. The first-order valence-electron chi connectivity index (χ1n) is 7.00. The highest BCUT2D eigenvalue weighted by Crippen LogP contribution is 2.14. The monoisotopic (exact) mass is 289 g/mol. The number of nitrogens with zero attached hydrogens (tertiary/aromatic N) is 2. The number of rotatable bonds is 7. The predicted molar refractivity (Wildman–Crippen MR) is 86.1 cm³/mol. The Hall–Kier alpha value is -1.23. The van der Waals surface area contributed by atoms with Crippen LogP contribution >= 0.6 is 11.3 Å². The molecule has 3 nitrogen and oxygen atoms in total. The minimum Gasteiger partial charge on any atom is -0.319 e. The number of aromatic nitrogens is 1. The second kappa shape index (κ2) is 7.53. The van der Waals surface area contributed by atoms with Gasteiger partial charge in [-0.1, -0.05) is 24.3 Å². The Morgan fingerprint density at radius 2 is 1.95 bits per heavy atom. The number of aryl methyl sites for hydroxylation is 1. The fourth-order valence-electron chi connectivity index (χ4n) is 2.32. The van der Waals surface area contributed by atoms with Crippen molar-refractivity contribution < 1.29 is 0 Å². The summed E-state index contributed by atoms with van der Waals surface area (Å²) in [5.41, 5.74) is 4.02. The molecule has 1 N–H and O–H groups in total. The van der Waals surface area contributed by atoms with Crippen molar-refractivity contribution in [3.8, 4) is 0 Å². The van der Waals surface area contributed by atoms with Gasteiger partial charge in [0.2, 0.25) is 0 Å². The highest BCUT2D eigenvalue weighted by atomic mass is 32.1. The third kappa shape index (κ3) is 4.40. The van der Waals surface area contributed by atoms with E-state index in [4.69, 9.17) is 0 Å². The quantitative estimate of drug-likeness (QED) is 0.849. The lowest BCUT2D eigenvalue weighted by Gasteiger charge is -2.18. The van der Waals surface area contributed by atoms with Crippen LogP contribution in [0.15, 0.2) is 29.6 Å². The van der Waals surface area contributed by atoms with Crippen LogP contribution in [0.3, 0.4) is 0 Å². The molecule has 1 aromatic carbocycles. The van der Waals surface area contributed by atoms with Crippen LogP contribution in [0.5, 0.6) is 0 Å². The van der Waals surface area contributed by atoms with Crippen molar-refractivity contribution in [1.82, 2.24) is 15.2 Å². The van der Waals surface area contributed by atoms with Crippen molar-refractivity contribution in [3.63, 3.8) is 0 Å². The van der Waals surface area contributed by atoms with E-state index in [1.165, 1.54) is 16.8 Å². The number of thiazole rings is 1. The molecule has 0 aliphatic rings. The molecule has 0 unspecified atom stereocenters. The summed E-state index contributed by atoms with van der Waals surface area (Å²) in [5.74, 6) is 0. The van der Waals surface area contributed by atoms with Gasteiger partial charge in [0.05, 0.1) is 10.7 Å². The summed E-state index contributed by atoms with van der Waals surface area (Å²) in [5, 5.41) is 6.51. The molecule has 0 saturated heterocycles. The molecular weight excluding hydrogens is 266 g/mol. The van der Waals surface area contributed by atoms with Gasteiger partial charge in [0.1, 0.15) is 0 Å². The maximum Gasteiger partial charge on any atom is 0.0897 e. The molecule has 4 heteroatoms. The van der Waals surface area contributed by atoms with Gasteiger partial charge in [0.25, 0.3) is 0 Å². The van der Waals surface area contributed by atoms with Crippen molar-refractivity contribution in [2.24, 2.45) is 0 Å². The van der Waals surface area contributed by atoms with Gasteiger partial charge in [0, 0.05) is 18.5 Å². The summed E-state index contributed by atoms with van der Waals surface area (Å²) in [6.45, 7) is 4.95. The lowest BCUT2D eigenvalue weighted by Crippen LogP contribution is -2.19. The van der Waals surface area contributed by atoms with Gasteiger partial charge in [-0.25, -0.2) is 4.98 Å². The van der Waals surface area contributed by atoms with Gasteiger partial charge >= 0.3 is 0 Å². The summed E-state index contributed by atoms with van der Waals surface area (Å²) < 4.78 is 0. The Bertz CT molecular complexity index is 536. The third-order valence-corrected chi connectivity index (χ3v) is 4.12. The molecule has 0 aliphatic carbocycles.